The van der Waals surface area contributed by atoms with Gasteiger partial charge < -0.3 is 25.8 Å². The first-order valence-electron chi connectivity index (χ1n) is 14.7. The molecule has 0 saturated carbocycles. The lowest BCUT2D eigenvalue weighted by Gasteiger charge is -2.22. The number of unbranched alkanes of at least 4 members (excludes halogenated alkanes) is 9. The Kier molecular flexibility index (Phi) is 21.6. The maximum Gasteiger partial charge on any atom is 0.237 e. The largest absolute Gasteiger partial charge is 0.379 e. The highest BCUT2D eigenvalue weighted by atomic mass is 16.5. The van der Waals surface area contributed by atoms with Gasteiger partial charge >= 0.3 is 0 Å². The fourth-order valence-electron chi connectivity index (χ4n) is 4.14. The van der Waals surface area contributed by atoms with Gasteiger partial charge in [-0.15, -0.1) is 0 Å². The molecule has 1 aromatic carbocycles. The van der Waals surface area contributed by atoms with Crippen molar-refractivity contribution >= 4 is 5.91 Å². The van der Waals surface area contributed by atoms with Crippen molar-refractivity contribution < 1.29 is 14.3 Å². The van der Waals surface area contributed by atoms with Crippen LogP contribution in [0.2, 0.25) is 0 Å². The van der Waals surface area contributed by atoms with Crippen LogP contribution >= 0.6 is 0 Å². The van der Waals surface area contributed by atoms with E-state index in [1.165, 1.54) is 56.9 Å². The Labute approximate surface area is 221 Å². The summed E-state index contributed by atoms with van der Waals surface area (Å²) in [6.07, 6.45) is 14.6. The molecule has 2 atom stereocenters. The van der Waals surface area contributed by atoms with Crippen LogP contribution in [-0.4, -0.2) is 51.0 Å². The van der Waals surface area contributed by atoms with Crippen molar-refractivity contribution in [2.75, 3.05) is 32.9 Å². The van der Waals surface area contributed by atoms with Gasteiger partial charge in [-0.25, -0.2) is 0 Å². The summed E-state index contributed by atoms with van der Waals surface area (Å²) in [4.78, 5) is 13.1. The molecule has 0 aliphatic heterocycles. The van der Waals surface area contributed by atoms with Crippen molar-refractivity contribution in [3.63, 3.8) is 0 Å². The van der Waals surface area contributed by atoms with Crippen LogP contribution in [-0.2, 0) is 20.8 Å². The minimum atomic E-state index is -0.245. The summed E-state index contributed by atoms with van der Waals surface area (Å²) in [6.45, 7) is 8.26. The molecule has 0 spiro atoms. The number of rotatable bonds is 25. The van der Waals surface area contributed by atoms with E-state index in [-0.39, 0.29) is 18.1 Å². The molecule has 2 unspecified atom stereocenters. The van der Waals surface area contributed by atoms with E-state index >= 15 is 0 Å². The molecule has 0 fully saturated rings. The first-order chi connectivity index (χ1) is 17.7. The molecule has 0 saturated heterocycles. The second-order valence-electron chi connectivity index (χ2n) is 9.84. The molecular weight excluding hydrogens is 450 g/mol. The van der Waals surface area contributed by atoms with E-state index in [4.69, 9.17) is 15.2 Å². The minimum absolute atomic E-state index is 0.0269. The van der Waals surface area contributed by atoms with Crippen molar-refractivity contribution in [3.8, 4) is 0 Å². The fraction of sp³-hybridized carbons (Fsp3) is 0.767. The van der Waals surface area contributed by atoms with E-state index in [2.05, 4.69) is 36.6 Å². The smallest absolute Gasteiger partial charge is 0.237 e. The topological polar surface area (TPSA) is 85.6 Å². The number of carbonyl (C=O) groups excluding carboxylic acids is 1. The molecule has 0 aliphatic rings. The fourth-order valence-corrected chi connectivity index (χ4v) is 4.14. The molecule has 0 aromatic heterocycles. The third-order valence-corrected chi connectivity index (χ3v) is 6.46. The van der Waals surface area contributed by atoms with Gasteiger partial charge in [0.05, 0.1) is 18.8 Å². The van der Waals surface area contributed by atoms with E-state index in [1.54, 1.807) is 0 Å². The molecule has 208 valence electrons. The van der Waals surface area contributed by atoms with Crippen molar-refractivity contribution in [2.24, 2.45) is 5.73 Å². The lowest BCUT2D eigenvalue weighted by atomic mass is 10.1. The maximum atomic E-state index is 13.1. The molecule has 1 rings (SSSR count). The molecule has 0 bridgehead atoms. The van der Waals surface area contributed by atoms with E-state index in [0.717, 1.165) is 45.3 Å². The monoisotopic (exact) mass is 505 g/mol. The van der Waals surface area contributed by atoms with Gasteiger partial charge in [0, 0.05) is 26.3 Å². The summed E-state index contributed by atoms with van der Waals surface area (Å²) in [5.41, 5.74) is 6.85. The molecular formula is C30H55N3O3. The lowest BCUT2D eigenvalue weighted by molar-refractivity contribution is -0.124. The molecule has 1 aromatic rings. The predicted octanol–water partition coefficient (Wildman–Crippen LogP) is 5.73. The van der Waals surface area contributed by atoms with Crippen LogP contribution in [0.3, 0.4) is 0 Å². The number of nitrogens with one attached hydrogen (secondary N) is 2. The molecule has 6 nitrogen and oxygen atoms in total. The van der Waals surface area contributed by atoms with Gasteiger partial charge in [0.25, 0.3) is 0 Å². The van der Waals surface area contributed by atoms with Crippen LogP contribution in [0, 0.1) is 0 Å². The van der Waals surface area contributed by atoms with Crippen molar-refractivity contribution in [2.45, 2.75) is 116 Å². The van der Waals surface area contributed by atoms with Crippen molar-refractivity contribution in [1.29, 1.82) is 0 Å². The van der Waals surface area contributed by atoms with E-state index in [0.29, 0.717) is 26.2 Å². The summed E-state index contributed by atoms with van der Waals surface area (Å²) >= 11 is 0. The summed E-state index contributed by atoms with van der Waals surface area (Å²) in [5.74, 6) is 0.0269. The van der Waals surface area contributed by atoms with Gasteiger partial charge in [0.2, 0.25) is 5.91 Å². The van der Waals surface area contributed by atoms with Crippen LogP contribution in [0.4, 0.5) is 0 Å². The average Bonchev–Trinajstić information content (AvgIpc) is 2.90. The number of carbonyl (C=O) groups is 1. The first kappa shape index (κ1) is 32.6. The second kappa shape index (κ2) is 23.9. The summed E-state index contributed by atoms with van der Waals surface area (Å²) in [6, 6.07) is 9.96. The highest BCUT2D eigenvalue weighted by molar-refractivity contribution is 5.81. The van der Waals surface area contributed by atoms with Crippen molar-refractivity contribution in [3.05, 3.63) is 35.9 Å². The maximum absolute atomic E-state index is 13.1. The zero-order valence-corrected chi connectivity index (χ0v) is 23.3. The summed E-state index contributed by atoms with van der Waals surface area (Å²) < 4.78 is 12.1. The highest BCUT2D eigenvalue weighted by Crippen LogP contribution is 2.07. The Bertz CT molecular complexity index is 615. The lowest BCUT2D eigenvalue weighted by Crippen LogP contribution is -2.47. The normalized spacial score (nSPS) is 13.0. The summed E-state index contributed by atoms with van der Waals surface area (Å²) in [5, 5.41) is 6.58. The van der Waals surface area contributed by atoms with Gasteiger partial charge in [-0.05, 0) is 37.8 Å². The molecule has 36 heavy (non-hydrogen) atoms. The molecule has 0 radical (unpaired) electrons. The van der Waals surface area contributed by atoms with E-state index in [9.17, 15) is 4.79 Å². The van der Waals surface area contributed by atoms with Crippen LogP contribution < -0.4 is 16.4 Å². The first-order valence-corrected chi connectivity index (χ1v) is 14.7. The predicted molar refractivity (Wildman–Crippen MR) is 151 cm³/mol. The minimum Gasteiger partial charge on any atom is -0.379 e. The number of hydrogen-bond acceptors (Lipinski definition) is 5. The number of hydrogen-bond donors (Lipinski definition) is 3. The highest BCUT2D eigenvalue weighted by Gasteiger charge is 2.19. The van der Waals surface area contributed by atoms with Gasteiger partial charge in [-0.2, -0.15) is 0 Å². The molecule has 0 aliphatic carbocycles. The third kappa shape index (κ3) is 17.9. The van der Waals surface area contributed by atoms with Gasteiger partial charge in [-0.1, -0.05) is 102 Å². The second-order valence-corrected chi connectivity index (χ2v) is 9.84. The van der Waals surface area contributed by atoms with Gasteiger partial charge in [0.1, 0.15) is 0 Å². The number of benzene rings is 1. The number of ether oxygens (including phenoxy) is 2. The average molecular weight is 506 g/mol. The van der Waals surface area contributed by atoms with Gasteiger partial charge in [0.15, 0.2) is 0 Å². The van der Waals surface area contributed by atoms with Crippen molar-refractivity contribution in [1.82, 2.24) is 10.6 Å². The van der Waals surface area contributed by atoms with Crippen LogP contribution in [0.15, 0.2) is 30.3 Å². The number of nitrogens with two attached hydrogens (primary N) is 1. The molecule has 4 N–H and O–H groups in total. The van der Waals surface area contributed by atoms with E-state index in [1.807, 2.05) is 18.2 Å². The molecule has 1 amide bonds. The zero-order valence-electron chi connectivity index (χ0n) is 23.3. The quantitative estimate of drug-likeness (QED) is 0.148. The zero-order chi connectivity index (χ0) is 26.1. The van der Waals surface area contributed by atoms with Crippen LogP contribution in [0.25, 0.3) is 0 Å². The summed E-state index contributed by atoms with van der Waals surface area (Å²) in [7, 11) is 0. The SMILES string of the molecule is CCCCCCCOCC(CNC(=O)C(CCCCN)NCc1ccccc1)OCCCCCCC. The Hall–Kier alpha value is -1.47. The third-order valence-electron chi connectivity index (χ3n) is 6.46. The standard InChI is InChI=1S/C30H55N3O3/c1-3-5-7-9-16-22-35-26-28(36-23-17-10-8-6-4-2)25-33-30(34)29(20-14-15-21-31)32-24-27-18-12-11-13-19-27/h11-13,18-19,28-29,32H,3-10,14-17,20-26,31H2,1-2H3,(H,33,34). The Morgan fingerprint density at radius 1 is 0.861 bits per heavy atom. The van der Waals surface area contributed by atoms with Crippen LogP contribution in [0.5, 0.6) is 0 Å². The number of amides is 1. The molecule has 6 heteroatoms. The van der Waals surface area contributed by atoms with E-state index < -0.39 is 0 Å². The van der Waals surface area contributed by atoms with Gasteiger partial charge in [-0.3, -0.25) is 4.79 Å². The van der Waals surface area contributed by atoms with Crippen LogP contribution in [0.1, 0.15) is 103 Å². The molecule has 0 heterocycles. The Morgan fingerprint density at radius 2 is 1.53 bits per heavy atom. The Balaban J connectivity index is 2.51. The Morgan fingerprint density at radius 3 is 2.19 bits per heavy atom.